The third-order valence-electron chi connectivity index (χ3n) is 4.72. The lowest BCUT2D eigenvalue weighted by Gasteiger charge is -2.15. The molecule has 0 aliphatic rings. The number of ether oxygens (including phenoxy) is 1. The zero-order valence-corrected chi connectivity index (χ0v) is 15.9. The second-order valence-corrected chi connectivity index (χ2v) is 6.72. The minimum Gasteiger partial charge on any atom is -0.508 e. The second kappa shape index (κ2) is 8.61. The average molecular weight is 381 g/mol. The molecule has 0 aliphatic carbocycles. The van der Waals surface area contributed by atoms with Crippen LogP contribution in [0.15, 0.2) is 53.1 Å². The third-order valence-corrected chi connectivity index (χ3v) is 4.72. The maximum Gasteiger partial charge on any atom is 0.310 e. The average Bonchev–Trinajstić information content (AvgIpc) is 3.08. The standard InChI is InChI=1S/C22H23NO5/c1-3-14(2)17-6-4-5-7-19(17)23-21(25)13-28-22(26)10-15-12-27-20-11-16(24)8-9-18(15)20/h4-9,11-12,14,24H,3,10,13H2,1-2H3,(H,23,25)/t14-/m0/s1. The Hall–Kier alpha value is -3.28. The Bertz CT molecular complexity index is 992. The van der Waals surface area contributed by atoms with Crippen LogP contribution in [0.5, 0.6) is 5.75 Å². The van der Waals surface area contributed by atoms with Gasteiger partial charge in [0.2, 0.25) is 0 Å². The lowest BCUT2D eigenvalue weighted by atomic mass is 9.97. The highest BCUT2D eigenvalue weighted by Crippen LogP contribution is 2.27. The molecule has 0 fully saturated rings. The molecule has 28 heavy (non-hydrogen) atoms. The summed E-state index contributed by atoms with van der Waals surface area (Å²) in [6, 6.07) is 12.3. The first kappa shape index (κ1) is 19.5. The van der Waals surface area contributed by atoms with Crippen LogP contribution in [-0.2, 0) is 20.7 Å². The van der Waals surface area contributed by atoms with E-state index in [0.717, 1.165) is 23.1 Å². The molecular weight excluding hydrogens is 358 g/mol. The van der Waals surface area contributed by atoms with E-state index in [9.17, 15) is 14.7 Å². The molecule has 0 saturated carbocycles. The fourth-order valence-corrected chi connectivity index (χ4v) is 3.01. The van der Waals surface area contributed by atoms with Gasteiger partial charge in [-0.25, -0.2) is 0 Å². The molecule has 0 unspecified atom stereocenters. The number of hydrogen-bond acceptors (Lipinski definition) is 5. The summed E-state index contributed by atoms with van der Waals surface area (Å²) in [4.78, 5) is 24.3. The molecular formula is C22H23NO5. The number of benzene rings is 2. The summed E-state index contributed by atoms with van der Waals surface area (Å²) in [5.74, 6) is -0.509. The quantitative estimate of drug-likeness (QED) is 0.593. The Labute approximate surface area is 163 Å². The van der Waals surface area contributed by atoms with Crippen molar-refractivity contribution in [1.82, 2.24) is 0 Å². The number of aromatic hydroxyl groups is 1. The number of phenols is 1. The maximum atomic E-state index is 12.2. The Morgan fingerprint density at radius 1 is 1.21 bits per heavy atom. The third kappa shape index (κ3) is 4.52. The van der Waals surface area contributed by atoms with Crippen molar-refractivity contribution in [3.05, 3.63) is 59.9 Å². The molecule has 3 aromatic rings. The van der Waals surface area contributed by atoms with Gasteiger partial charge >= 0.3 is 5.97 Å². The fourth-order valence-electron chi connectivity index (χ4n) is 3.01. The summed E-state index contributed by atoms with van der Waals surface area (Å²) < 4.78 is 10.4. The molecule has 6 nitrogen and oxygen atoms in total. The number of para-hydroxylation sites is 1. The van der Waals surface area contributed by atoms with Gasteiger partial charge in [-0.05, 0) is 36.1 Å². The number of esters is 1. The van der Waals surface area contributed by atoms with Crippen molar-refractivity contribution in [2.75, 3.05) is 11.9 Å². The Balaban J connectivity index is 1.57. The molecule has 3 rings (SSSR count). The van der Waals surface area contributed by atoms with Crippen LogP contribution in [0.1, 0.15) is 37.3 Å². The van der Waals surface area contributed by atoms with Gasteiger partial charge in [0.05, 0.1) is 12.7 Å². The van der Waals surface area contributed by atoms with Crippen molar-refractivity contribution in [3.63, 3.8) is 0 Å². The number of carbonyl (C=O) groups is 2. The number of hydrogen-bond donors (Lipinski definition) is 2. The number of anilines is 1. The number of amides is 1. The topological polar surface area (TPSA) is 88.8 Å². The summed E-state index contributed by atoms with van der Waals surface area (Å²) in [7, 11) is 0. The Morgan fingerprint density at radius 2 is 2.00 bits per heavy atom. The molecule has 2 N–H and O–H groups in total. The molecule has 0 saturated heterocycles. The summed E-state index contributed by atoms with van der Waals surface area (Å²) in [6.07, 6.45) is 2.39. The predicted molar refractivity (Wildman–Crippen MR) is 106 cm³/mol. The van der Waals surface area contributed by atoms with E-state index in [1.807, 2.05) is 24.3 Å². The van der Waals surface area contributed by atoms with Crippen molar-refractivity contribution in [2.45, 2.75) is 32.6 Å². The van der Waals surface area contributed by atoms with Gasteiger partial charge in [0.15, 0.2) is 6.61 Å². The minimum absolute atomic E-state index is 0.0193. The van der Waals surface area contributed by atoms with Crippen LogP contribution in [0.3, 0.4) is 0 Å². The highest BCUT2D eigenvalue weighted by molar-refractivity contribution is 5.94. The smallest absolute Gasteiger partial charge is 0.310 e. The van der Waals surface area contributed by atoms with Crippen LogP contribution >= 0.6 is 0 Å². The lowest BCUT2D eigenvalue weighted by Crippen LogP contribution is -2.22. The first-order valence-electron chi connectivity index (χ1n) is 9.21. The number of fused-ring (bicyclic) bond motifs is 1. The molecule has 0 radical (unpaired) electrons. The molecule has 1 heterocycles. The molecule has 0 spiro atoms. The fraction of sp³-hybridized carbons (Fsp3) is 0.273. The molecule has 0 bridgehead atoms. The van der Waals surface area contributed by atoms with Gasteiger partial charge in [0.25, 0.3) is 5.91 Å². The van der Waals surface area contributed by atoms with Gasteiger partial charge in [0.1, 0.15) is 11.3 Å². The summed E-state index contributed by atoms with van der Waals surface area (Å²) in [6.45, 7) is 3.83. The zero-order valence-electron chi connectivity index (χ0n) is 15.9. The van der Waals surface area contributed by atoms with Crippen molar-refractivity contribution in [2.24, 2.45) is 0 Å². The van der Waals surface area contributed by atoms with E-state index in [1.165, 1.54) is 18.4 Å². The van der Waals surface area contributed by atoms with E-state index >= 15 is 0 Å². The van der Waals surface area contributed by atoms with Crippen molar-refractivity contribution < 1.29 is 23.8 Å². The summed E-state index contributed by atoms with van der Waals surface area (Å²) in [5, 5.41) is 13.0. The first-order valence-corrected chi connectivity index (χ1v) is 9.21. The highest BCUT2D eigenvalue weighted by Gasteiger charge is 2.15. The summed E-state index contributed by atoms with van der Waals surface area (Å²) in [5.41, 5.74) is 2.92. The van der Waals surface area contributed by atoms with Gasteiger partial charge in [-0.15, -0.1) is 0 Å². The van der Waals surface area contributed by atoms with Gasteiger partial charge < -0.3 is 19.6 Å². The molecule has 146 valence electrons. The maximum absolute atomic E-state index is 12.2. The van der Waals surface area contributed by atoms with E-state index in [4.69, 9.17) is 9.15 Å². The number of furan rings is 1. The van der Waals surface area contributed by atoms with E-state index < -0.39 is 5.97 Å². The van der Waals surface area contributed by atoms with Gasteiger partial charge in [-0.1, -0.05) is 32.0 Å². The van der Waals surface area contributed by atoms with E-state index in [1.54, 1.807) is 6.07 Å². The largest absolute Gasteiger partial charge is 0.508 e. The van der Waals surface area contributed by atoms with Crippen LogP contribution in [0.2, 0.25) is 0 Å². The van der Waals surface area contributed by atoms with E-state index in [0.29, 0.717) is 17.1 Å². The van der Waals surface area contributed by atoms with Crippen LogP contribution in [0.25, 0.3) is 11.0 Å². The lowest BCUT2D eigenvalue weighted by molar-refractivity contribution is -0.146. The first-order chi connectivity index (χ1) is 13.5. The van der Waals surface area contributed by atoms with Gasteiger partial charge in [-0.3, -0.25) is 9.59 Å². The van der Waals surface area contributed by atoms with Crippen molar-refractivity contribution in [1.29, 1.82) is 0 Å². The molecule has 2 aromatic carbocycles. The van der Waals surface area contributed by atoms with Gasteiger partial charge in [0, 0.05) is 22.7 Å². The minimum atomic E-state index is -0.527. The van der Waals surface area contributed by atoms with Crippen LogP contribution in [0.4, 0.5) is 5.69 Å². The normalized spacial score (nSPS) is 11.9. The molecule has 1 amide bonds. The SMILES string of the molecule is CC[C@H](C)c1ccccc1NC(=O)COC(=O)Cc1coc2cc(O)ccc12. The van der Waals surface area contributed by atoms with Crippen LogP contribution < -0.4 is 5.32 Å². The van der Waals surface area contributed by atoms with Crippen molar-refractivity contribution in [3.8, 4) is 5.75 Å². The van der Waals surface area contributed by atoms with Gasteiger partial charge in [-0.2, -0.15) is 0 Å². The monoisotopic (exact) mass is 381 g/mol. The highest BCUT2D eigenvalue weighted by atomic mass is 16.5. The number of phenolic OH excluding ortho intramolecular Hbond substituents is 1. The molecule has 0 aliphatic heterocycles. The van der Waals surface area contributed by atoms with E-state index in [2.05, 4.69) is 19.2 Å². The predicted octanol–water partition coefficient (Wildman–Crippen LogP) is 4.38. The number of carbonyl (C=O) groups excluding carboxylic acids is 2. The summed E-state index contributed by atoms with van der Waals surface area (Å²) >= 11 is 0. The van der Waals surface area contributed by atoms with E-state index in [-0.39, 0.29) is 24.7 Å². The Morgan fingerprint density at radius 3 is 2.79 bits per heavy atom. The van der Waals surface area contributed by atoms with Crippen LogP contribution in [0, 0.1) is 0 Å². The molecule has 6 heteroatoms. The van der Waals surface area contributed by atoms with Crippen molar-refractivity contribution >= 4 is 28.5 Å². The Kier molecular flexibility index (Phi) is 5.99. The van der Waals surface area contributed by atoms with Crippen LogP contribution in [-0.4, -0.2) is 23.6 Å². The second-order valence-electron chi connectivity index (χ2n) is 6.72. The zero-order chi connectivity index (χ0) is 20.1. The number of rotatable bonds is 7. The number of nitrogens with one attached hydrogen (secondary N) is 1. The molecule has 1 aromatic heterocycles. The molecule has 1 atom stereocenters.